The van der Waals surface area contributed by atoms with E-state index in [1.54, 1.807) is 0 Å². The zero-order chi connectivity index (χ0) is 7.94. The van der Waals surface area contributed by atoms with Gasteiger partial charge in [-0.25, -0.2) is 0 Å². The Kier molecular flexibility index (Phi) is 8.92. The summed E-state index contributed by atoms with van der Waals surface area (Å²) in [4.78, 5) is 0. The monoisotopic (exact) mass is 190 g/mol. The smallest absolute Gasteiger partial charge is 0.853 e. The first-order valence-electron chi connectivity index (χ1n) is 3.63. The van der Waals surface area contributed by atoms with Crippen LogP contribution < -0.4 is 56.5 Å². The van der Waals surface area contributed by atoms with Gasteiger partial charge < -0.3 is 9.84 Å². The molecule has 2 nitrogen and oxygen atoms in total. The Morgan fingerprint density at radius 3 is 2.42 bits per heavy atom. The minimum atomic E-state index is -0.160. The van der Waals surface area contributed by atoms with Gasteiger partial charge in [0.25, 0.3) is 0 Å². The van der Waals surface area contributed by atoms with Crippen molar-refractivity contribution in [1.29, 1.82) is 0 Å². The van der Waals surface area contributed by atoms with Gasteiger partial charge in [0.05, 0.1) is 6.61 Å². The minimum Gasteiger partial charge on any atom is -0.853 e. The molecule has 3 heteroatoms. The fourth-order valence-corrected chi connectivity index (χ4v) is 0.823. The van der Waals surface area contributed by atoms with Crippen molar-refractivity contribution in [2.75, 3.05) is 13.2 Å². The quantitative estimate of drug-likeness (QED) is 0.390. The summed E-state index contributed by atoms with van der Waals surface area (Å²) in [7, 11) is 0. The van der Waals surface area contributed by atoms with E-state index >= 15 is 0 Å². The summed E-state index contributed by atoms with van der Waals surface area (Å²) in [6.45, 7) is 0.685. The SMILES string of the molecule is [K+].[O-]CCOCc1ccccc1. The van der Waals surface area contributed by atoms with E-state index in [1.807, 2.05) is 30.3 Å². The van der Waals surface area contributed by atoms with Gasteiger partial charge in [0.1, 0.15) is 0 Å². The van der Waals surface area contributed by atoms with Gasteiger partial charge in [-0.3, -0.25) is 0 Å². The van der Waals surface area contributed by atoms with Crippen molar-refractivity contribution in [3.05, 3.63) is 35.9 Å². The van der Waals surface area contributed by atoms with Crippen LogP contribution in [0.5, 0.6) is 0 Å². The van der Waals surface area contributed by atoms with E-state index in [1.165, 1.54) is 0 Å². The Labute approximate surface area is 115 Å². The molecule has 0 saturated carbocycles. The molecule has 1 aromatic rings. The maximum absolute atomic E-state index is 10.00. The van der Waals surface area contributed by atoms with Gasteiger partial charge in [-0.1, -0.05) is 30.3 Å². The second-order valence-electron chi connectivity index (χ2n) is 2.24. The molecule has 0 radical (unpaired) electrons. The molecule has 0 aliphatic carbocycles. The fourth-order valence-electron chi connectivity index (χ4n) is 0.823. The molecule has 0 spiro atoms. The molecule has 0 unspecified atom stereocenters. The molecule has 0 aliphatic rings. The van der Waals surface area contributed by atoms with E-state index in [4.69, 9.17) is 4.74 Å². The van der Waals surface area contributed by atoms with E-state index in [-0.39, 0.29) is 58.0 Å². The Bertz CT molecular complexity index is 189. The fraction of sp³-hybridized carbons (Fsp3) is 0.333. The Balaban J connectivity index is 0.00000121. The molecule has 0 amide bonds. The summed E-state index contributed by atoms with van der Waals surface area (Å²) in [5.74, 6) is 0. The third-order valence-corrected chi connectivity index (χ3v) is 1.34. The number of benzene rings is 1. The molecule has 0 bridgehead atoms. The third-order valence-electron chi connectivity index (χ3n) is 1.34. The van der Waals surface area contributed by atoms with Crippen molar-refractivity contribution in [2.45, 2.75) is 6.61 Å². The molecule has 0 fully saturated rings. The Morgan fingerprint density at radius 1 is 1.17 bits per heavy atom. The van der Waals surface area contributed by atoms with Crippen molar-refractivity contribution < 1.29 is 61.2 Å². The van der Waals surface area contributed by atoms with Crippen LogP contribution in [0.2, 0.25) is 0 Å². The molecule has 0 aliphatic heterocycles. The molecule has 0 atom stereocenters. The molecule has 1 rings (SSSR count). The van der Waals surface area contributed by atoms with Crippen molar-refractivity contribution in [2.24, 2.45) is 0 Å². The van der Waals surface area contributed by atoms with Crippen LogP contribution in [0.15, 0.2) is 30.3 Å². The van der Waals surface area contributed by atoms with Crippen LogP contribution in [-0.2, 0) is 11.3 Å². The largest absolute Gasteiger partial charge is 1.00 e. The molecule has 60 valence electrons. The zero-order valence-electron chi connectivity index (χ0n) is 7.32. The van der Waals surface area contributed by atoms with E-state index in [2.05, 4.69) is 0 Å². The van der Waals surface area contributed by atoms with Gasteiger partial charge in [0, 0.05) is 6.61 Å². The van der Waals surface area contributed by atoms with Gasteiger partial charge in [-0.05, 0) is 5.56 Å². The molecular formula is C9H11KO2. The van der Waals surface area contributed by atoms with Crippen LogP contribution in [0.4, 0.5) is 0 Å². The van der Waals surface area contributed by atoms with Crippen LogP contribution in [0.25, 0.3) is 0 Å². The maximum atomic E-state index is 10.00. The first-order valence-corrected chi connectivity index (χ1v) is 3.63. The Hall–Kier alpha value is 0.776. The second kappa shape index (κ2) is 8.38. The van der Waals surface area contributed by atoms with E-state index < -0.39 is 0 Å². The topological polar surface area (TPSA) is 32.3 Å². The molecule has 1 aromatic carbocycles. The predicted molar refractivity (Wildman–Crippen MR) is 41.0 cm³/mol. The Morgan fingerprint density at radius 2 is 1.83 bits per heavy atom. The molecule has 0 N–H and O–H groups in total. The summed E-state index contributed by atoms with van der Waals surface area (Å²) in [6.07, 6.45) is 0. The second-order valence-corrected chi connectivity index (χ2v) is 2.24. The summed E-state index contributed by atoms with van der Waals surface area (Å²) >= 11 is 0. The van der Waals surface area contributed by atoms with Gasteiger partial charge in [-0.2, -0.15) is 0 Å². The minimum absolute atomic E-state index is 0. The average molecular weight is 190 g/mol. The van der Waals surface area contributed by atoms with E-state index in [0.717, 1.165) is 5.56 Å². The van der Waals surface area contributed by atoms with E-state index in [9.17, 15) is 5.11 Å². The van der Waals surface area contributed by atoms with Crippen LogP contribution in [0.1, 0.15) is 5.56 Å². The van der Waals surface area contributed by atoms with Gasteiger partial charge in [0.2, 0.25) is 0 Å². The summed E-state index contributed by atoms with van der Waals surface area (Å²) < 4.78 is 5.06. The van der Waals surface area contributed by atoms with Crippen LogP contribution in [-0.4, -0.2) is 13.2 Å². The van der Waals surface area contributed by atoms with Crippen molar-refractivity contribution in [1.82, 2.24) is 0 Å². The number of hydrogen-bond acceptors (Lipinski definition) is 2. The number of ether oxygens (including phenoxy) is 1. The standard InChI is InChI=1S/C9H11O2.K/c10-6-7-11-8-9-4-2-1-3-5-9;/h1-5H,6-8H2;/q-1;+1. The van der Waals surface area contributed by atoms with Gasteiger partial charge in [-0.15, -0.1) is 6.61 Å². The predicted octanol–water partition coefficient (Wildman–Crippen LogP) is -2.43. The van der Waals surface area contributed by atoms with Crippen molar-refractivity contribution in [3.63, 3.8) is 0 Å². The van der Waals surface area contributed by atoms with Crippen LogP contribution >= 0.6 is 0 Å². The molecule has 0 heterocycles. The molecule has 0 saturated heterocycles. The van der Waals surface area contributed by atoms with Crippen LogP contribution in [0.3, 0.4) is 0 Å². The van der Waals surface area contributed by atoms with Gasteiger partial charge >= 0.3 is 51.4 Å². The normalized spacial score (nSPS) is 9.08. The molecule has 0 aromatic heterocycles. The third kappa shape index (κ3) is 5.43. The maximum Gasteiger partial charge on any atom is 1.00 e. The first kappa shape index (κ1) is 12.8. The zero-order valence-corrected chi connectivity index (χ0v) is 10.4. The summed E-state index contributed by atoms with van der Waals surface area (Å²) in [5, 5.41) is 10.00. The summed E-state index contributed by atoms with van der Waals surface area (Å²) in [6, 6.07) is 9.82. The molecule has 12 heavy (non-hydrogen) atoms. The first-order chi connectivity index (χ1) is 5.43. The van der Waals surface area contributed by atoms with Crippen molar-refractivity contribution in [3.8, 4) is 0 Å². The number of rotatable bonds is 4. The van der Waals surface area contributed by atoms with Crippen LogP contribution in [0, 0.1) is 0 Å². The average Bonchev–Trinajstić information content (AvgIpc) is 2.07. The van der Waals surface area contributed by atoms with E-state index in [0.29, 0.717) is 13.2 Å². The van der Waals surface area contributed by atoms with Gasteiger partial charge in [0.15, 0.2) is 0 Å². The van der Waals surface area contributed by atoms with Crippen molar-refractivity contribution >= 4 is 0 Å². The number of hydrogen-bond donors (Lipinski definition) is 0. The summed E-state index contributed by atoms with van der Waals surface area (Å²) in [5.41, 5.74) is 1.11. The molecular weight excluding hydrogens is 179 g/mol.